The Morgan fingerprint density at radius 3 is 2.81 bits per heavy atom. The summed E-state index contributed by atoms with van der Waals surface area (Å²) >= 11 is 0. The van der Waals surface area contributed by atoms with E-state index < -0.39 is 5.60 Å². The van der Waals surface area contributed by atoms with Crippen LogP contribution in [0.15, 0.2) is 24.3 Å². The number of aryl methyl sites for hydroxylation is 1. The number of aliphatic hydroxyl groups is 1. The van der Waals surface area contributed by atoms with Crippen LogP contribution in [-0.2, 0) is 16.0 Å². The Bertz CT molecular complexity index is 484. The van der Waals surface area contributed by atoms with Gasteiger partial charge in [-0.1, -0.05) is 12.1 Å². The Labute approximate surface area is 125 Å². The molecule has 5 nitrogen and oxygen atoms in total. The van der Waals surface area contributed by atoms with Crippen LogP contribution in [0.5, 0.6) is 0 Å². The van der Waals surface area contributed by atoms with E-state index in [-0.39, 0.29) is 5.91 Å². The maximum Gasteiger partial charge on any atom is 0.222 e. The Morgan fingerprint density at radius 1 is 1.43 bits per heavy atom. The molecule has 2 rings (SSSR count). The normalized spacial score (nSPS) is 17.4. The number of hydrogen-bond donors (Lipinski definition) is 2. The molecule has 0 spiro atoms. The summed E-state index contributed by atoms with van der Waals surface area (Å²) in [6, 6.07) is 7.58. The minimum Gasteiger partial charge on any atom is -0.399 e. The third-order valence-electron chi connectivity index (χ3n) is 3.96. The number of amides is 1. The highest BCUT2D eigenvalue weighted by Crippen LogP contribution is 2.21. The van der Waals surface area contributed by atoms with E-state index in [1.54, 1.807) is 11.9 Å². The lowest BCUT2D eigenvalue weighted by Gasteiger charge is -2.35. The van der Waals surface area contributed by atoms with Gasteiger partial charge in [-0.3, -0.25) is 4.79 Å². The summed E-state index contributed by atoms with van der Waals surface area (Å²) in [6.07, 6.45) is 2.25. The van der Waals surface area contributed by atoms with Crippen LogP contribution in [0, 0.1) is 0 Å². The lowest BCUT2D eigenvalue weighted by Crippen LogP contribution is -2.47. The van der Waals surface area contributed by atoms with Gasteiger partial charge in [0, 0.05) is 51.8 Å². The second-order valence-electron chi connectivity index (χ2n) is 5.83. The van der Waals surface area contributed by atoms with Crippen molar-refractivity contribution in [1.29, 1.82) is 0 Å². The van der Waals surface area contributed by atoms with Gasteiger partial charge in [0.15, 0.2) is 0 Å². The average molecular weight is 292 g/mol. The minimum atomic E-state index is -0.806. The van der Waals surface area contributed by atoms with Crippen molar-refractivity contribution in [1.82, 2.24) is 4.90 Å². The first-order chi connectivity index (χ1) is 9.98. The van der Waals surface area contributed by atoms with Crippen molar-refractivity contribution in [3.8, 4) is 0 Å². The Hall–Kier alpha value is -1.59. The van der Waals surface area contributed by atoms with Gasteiger partial charge in [0.2, 0.25) is 5.91 Å². The van der Waals surface area contributed by atoms with Gasteiger partial charge in [-0.05, 0) is 24.1 Å². The highest BCUT2D eigenvalue weighted by Gasteiger charge is 2.32. The monoisotopic (exact) mass is 292 g/mol. The van der Waals surface area contributed by atoms with E-state index in [2.05, 4.69) is 0 Å². The SMILES string of the molecule is CN(CC1(O)CCOCC1)C(=O)CCc1cccc(N)c1. The Balaban J connectivity index is 1.82. The fourth-order valence-electron chi connectivity index (χ4n) is 2.63. The molecule has 0 atom stereocenters. The molecular formula is C16H24N2O3. The van der Waals surface area contributed by atoms with Gasteiger partial charge in [-0.2, -0.15) is 0 Å². The van der Waals surface area contributed by atoms with Gasteiger partial charge in [0.05, 0.1) is 5.60 Å². The van der Waals surface area contributed by atoms with Crippen molar-refractivity contribution < 1.29 is 14.6 Å². The van der Waals surface area contributed by atoms with Crippen LogP contribution >= 0.6 is 0 Å². The molecule has 0 radical (unpaired) electrons. The molecule has 1 amide bonds. The highest BCUT2D eigenvalue weighted by atomic mass is 16.5. The largest absolute Gasteiger partial charge is 0.399 e. The van der Waals surface area contributed by atoms with E-state index in [1.165, 1.54) is 0 Å². The molecule has 0 aromatic heterocycles. The second-order valence-corrected chi connectivity index (χ2v) is 5.83. The molecule has 3 N–H and O–H groups in total. The van der Waals surface area contributed by atoms with Gasteiger partial charge in [0.25, 0.3) is 0 Å². The molecule has 1 heterocycles. The Kier molecular flexibility index (Phi) is 5.20. The average Bonchev–Trinajstić information content (AvgIpc) is 2.45. The third-order valence-corrected chi connectivity index (χ3v) is 3.96. The standard InChI is InChI=1S/C16H24N2O3/c1-18(12-16(20)7-9-21-10-8-16)15(19)6-5-13-3-2-4-14(17)11-13/h2-4,11,20H,5-10,12,17H2,1H3. The molecule has 0 aliphatic carbocycles. The number of ether oxygens (including phenoxy) is 1. The number of nitrogen functional groups attached to an aromatic ring is 1. The van der Waals surface area contributed by atoms with Crippen molar-refractivity contribution in [2.24, 2.45) is 0 Å². The summed E-state index contributed by atoms with van der Waals surface area (Å²) < 4.78 is 5.25. The Morgan fingerprint density at radius 2 is 2.14 bits per heavy atom. The summed E-state index contributed by atoms with van der Waals surface area (Å²) in [5.74, 6) is 0.0392. The number of likely N-dealkylation sites (N-methyl/N-ethyl adjacent to an activating group) is 1. The topological polar surface area (TPSA) is 75.8 Å². The predicted octanol–water partition coefficient (Wildman–Crippen LogP) is 1.20. The zero-order valence-electron chi connectivity index (χ0n) is 12.5. The van der Waals surface area contributed by atoms with Crippen LogP contribution in [0.4, 0.5) is 5.69 Å². The van der Waals surface area contributed by atoms with E-state index in [9.17, 15) is 9.90 Å². The van der Waals surface area contributed by atoms with Crippen molar-refractivity contribution in [3.05, 3.63) is 29.8 Å². The lowest BCUT2D eigenvalue weighted by molar-refractivity contribution is -0.136. The zero-order chi connectivity index (χ0) is 15.3. The van der Waals surface area contributed by atoms with Gasteiger partial charge in [0.1, 0.15) is 0 Å². The number of nitrogens with two attached hydrogens (primary N) is 1. The first kappa shape index (κ1) is 15.8. The summed E-state index contributed by atoms with van der Waals surface area (Å²) in [6.45, 7) is 1.48. The minimum absolute atomic E-state index is 0.0392. The molecule has 116 valence electrons. The zero-order valence-corrected chi connectivity index (χ0v) is 12.5. The van der Waals surface area contributed by atoms with Crippen LogP contribution in [0.3, 0.4) is 0 Å². The number of nitrogens with zero attached hydrogens (tertiary/aromatic N) is 1. The quantitative estimate of drug-likeness (QED) is 0.800. The second kappa shape index (κ2) is 6.91. The number of carbonyl (C=O) groups is 1. The van der Waals surface area contributed by atoms with E-state index in [0.717, 1.165) is 5.56 Å². The van der Waals surface area contributed by atoms with Crippen LogP contribution < -0.4 is 5.73 Å². The fourth-order valence-corrected chi connectivity index (χ4v) is 2.63. The molecule has 1 fully saturated rings. The summed E-state index contributed by atoms with van der Waals surface area (Å²) in [4.78, 5) is 13.8. The fraction of sp³-hybridized carbons (Fsp3) is 0.562. The molecule has 5 heteroatoms. The number of anilines is 1. The van der Waals surface area contributed by atoms with E-state index >= 15 is 0 Å². The molecule has 0 unspecified atom stereocenters. The summed E-state index contributed by atoms with van der Waals surface area (Å²) in [5.41, 5.74) is 6.69. The molecule has 0 saturated carbocycles. The van der Waals surface area contributed by atoms with Crippen molar-refractivity contribution >= 4 is 11.6 Å². The van der Waals surface area contributed by atoms with Crippen LogP contribution in [-0.4, -0.2) is 48.3 Å². The van der Waals surface area contributed by atoms with Crippen molar-refractivity contribution in [2.75, 3.05) is 32.5 Å². The van der Waals surface area contributed by atoms with E-state index in [1.807, 2.05) is 24.3 Å². The molecule has 1 saturated heterocycles. The van der Waals surface area contributed by atoms with Gasteiger partial charge < -0.3 is 20.5 Å². The molecular weight excluding hydrogens is 268 g/mol. The number of benzene rings is 1. The first-order valence-electron chi connectivity index (χ1n) is 7.37. The smallest absolute Gasteiger partial charge is 0.222 e. The first-order valence-corrected chi connectivity index (χ1v) is 7.37. The molecule has 1 aliphatic rings. The summed E-state index contributed by atoms with van der Waals surface area (Å²) in [7, 11) is 1.75. The van der Waals surface area contributed by atoms with Crippen LogP contribution in [0.2, 0.25) is 0 Å². The maximum absolute atomic E-state index is 12.2. The summed E-state index contributed by atoms with van der Waals surface area (Å²) in [5, 5.41) is 10.4. The van der Waals surface area contributed by atoms with E-state index in [4.69, 9.17) is 10.5 Å². The van der Waals surface area contributed by atoms with Crippen molar-refractivity contribution in [2.45, 2.75) is 31.3 Å². The van der Waals surface area contributed by atoms with Crippen LogP contribution in [0.1, 0.15) is 24.8 Å². The van der Waals surface area contributed by atoms with Crippen molar-refractivity contribution in [3.63, 3.8) is 0 Å². The lowest BCUT2D eigenvalue weighted by atomic mass is 9.94. The van der Waals surface area contributed by atoms with E-state index in [0.29, 0.717) is 51.1 Å². The molecule has 0 bridgehead atoms. The number of hydrogen-bond acceptors (Lipinski definition) is 4. The number of carbonyl (C=O) groups excluding carboxylic acids is 1. The highest BCUT2D eigenvalue weighted by molar-refractivity contribution is 5.76. The predicted molar refractivity (Wildman–Crippen MR) is 81.8 cm³/mol. The maximum atomic E-state index is 12.2. The van der Waals surface area contributed by atoms with Crippen LogP contribution in [0.25, 0.3) is 0 Å². The molecule has 1 aromatic rings. The van der Waals surface area contributed by atoms with Gasteiger partial charge >= 0.3 is 0 Å². The molecule has 21 heavy (non-hydrogen) atoms. The van der Waals surface area contributed by atoms with Gasteiger partial charge in [-0.25, -0.2) is 0 Å². The third kappa shape index (κ3) is 4.72. The molecule has 1 aromatic carbocycles. The molecule has 1 aliphatic heterocycles. The van der Waals surface area contributed by atoms with Gasteiger partial charge in [-0.15, -0.1) is 0 Å². The number of rotatable bonds is 5.